The van der Waals surface area contributed by atoms with Gasteiger partial charge in [0.15, 0.2) is 5.78 Å². The van der Waals surface area contributed by atoms with Crippen LogP contribution < -0.4 is 10.1 Å². The lowest BCUT2D eigenvalue weighted by atomic mass is 9.88. The maximum absolute atomic E-state index is 11.6. The number of amides is 5. The zero-order valence-electron chi connectivity index (χ0n) is 98.8. The number of unbranched alkanes of at least 4 members (excludes halogenated alkanes) is 1. The number of ketones is 5. The number of allylic oxidation sites excluding steroid dienone is 4. The number of terminal acetylenes is 1. The quantitative estimate of drug-likeness (QED) is 0.0121. The molecule has 0 aromatic heterocycles. The fraction of sp³-hybridized carbons (Fsp3) is 0.739. The first-order chi connectivity index (χ1) is 63.1. The molecule has 2 N–H and O–H groups in total. The molecule has 141 heavy (non-hydrogen) atoms. The molecular weight excluding hydrogens is 1770 g/mol. The van der Waals surface area contributed by atoms with Gasteiger partial charge in [0.2, 0.25) is 5.91 Å². The zero-order valence-corrected chi connectivity index (χ0v) is 98.8. The van der Waals surface area contributed by atoms with Gasteiger partial charge in [-0.2, -0.15) is 0 Å². The van der Waals surface area contributed by atoms with E-state index in [0.717, 1.165) is 59.3 Å². The predicted molar refractivity (Wildman–Crippen MR) is 587 cm³/mol. The summed E-state index contributed by atoms with van der Waals surface area (Å²) in [6, 6.07) is 7.49. The van der Waals surface area contributed by atoms with Crippen molar-refractivity contribution >= 4 is 76.4 Å². The Morgan fingerprint density at radius 3 is 1.08 bits per heavy atom. The smallest absolute Gasteiger partial charge is 0.333 e. The second kappa shape index (κ2) is 71.1. The highest BCUT2D eigenvalue weighted by atomic mass is 16.7. The largest absolute Gasteiger partial charge is 0.513 e. The molecule has 0 bridgehead atoms. The highest BCUT2D eigenvalue weighted by Crippen LogP contribution is 2.31. The van der Waals surface area contributed by atoms with Crippen molar-refractivity contribution in [3.8, 4) is 18.1 Å². The summed E-state index contributed by atoms with van der Waals surface area (Å²) < 4.78 is 10.3. The van der Waals surface area contributed by atoms with Crippen molar-refractivity contribution in [1.82, 2.24) is 20.3 Å². The maximum atomic E-state index is 11.6. The zero-order chi connectivity index (χ0) is 113. The van der Waals surface area contributed by atoms with Crippen LogP contribution in [0.1, 0.15) is 477 Å². The van der Waals surface area contributed by atoms with Crippen LogP contribution in [0.5, 0.6) is 5.75 Å². The number of hydroxylamine groups is 4. The summed E-state index contributed by atoms with van der Waals surface area (Å²) in [6.07, 6.45) is 29.6. The van der Waals surface area contributed by atoms with Crippen LogP contribution in [-0.2, 0) is 76.7 Å². The van der Waals surface area contributed by atoms with E-state index in [4.69, 9.17) is 30.7 Å². The van der Waals surface area contributed by atoms with Crippen LogP contribution >= 0.6 is 0 Å². The van der Waals surface area contributed by atoms with Crippen molar-refractivity contribution in [2.75, 3.05) is 19.7 Å². The van der Waals surface area contributed by atoms with Crippen LogP contribution in [0.25, 0.3) is 0 Å². The molecule has 0 saturated carbocycles. The third kappa shape index (κ3) is 109. The van der Waals surface area contributed by atoms with Gasteiger partial charge < -0.3 is 39.2 Å². The molecule has 0 spiro atoms. The van der Waals surface area contributed by atoms with Crippen LogP contribution in [0.3, 0.4) is 0 Å². The lowest BCUT2D eigenvalue weighted by molar-refractivity contribution is -0.188. The Morgan fingerprint density at radius 2 is 0.823 bits per heavy atom. The van der Waals surface area contributed by atoms with Gasteiger partial charge >= 0.3 is 17.9 Å². The first-order valence-electron chi connectivity index (χ1n) is 51.3. The summed E-state index contributed by atoms with van der Waals surface area (Å²) in [6.45, 7) is 109. The summed E-state index contributed by atoms with van der Waals surface area (Å²) in [5.74, 6) is 2.14. The summed E-state index contributed by atoms with van der Waals surface area (Å²) in [4.78, 5) is 157. The van der Waals surface area contributed by atoms with Gasteiger partial charge in [0, 0.05) is 106 Å². The number of nitrogens with zero attached hydrogens (tertiary/aromatic N) is 3. The molecule has 0 aliphatic carbocycles. The number of epoxide rings is 1. The number of aliphatic hydroxyl groups is 1. The Balaban J connectivity index is -0.000000230. The average Bonchev–Trinajstić information content (AvgIpc) is 1.73. The fourth-order valence-electron chi connectivity index (χ4n) is 11.7. The Kier molecular flexibility index (Phi) is 74.6. The maximum Gasteiger partial charge on any atom is 0.333 e. The molecule has 816 valence electrons. The van der Waals surface area contributed by atoms with Crippen molar-refractivity contribution < 1.29 is 86.6 Å². The van der Waals surface area contributed by atoms with Crippen molar-refractivity contribution in [3.05, 3.63) is 91.5 Å². The molecule has 5 rings (SSSR count). The third-order valence-electron chi connectivity index (χ3n) is 19.3. The van der Waals surface area contributed by atoms with Gasteiger partial charge in [-0.25, -0.2) is 9.59 Å². The van der Waals surface area contributed by atoms with E-state index in [-0.39, 0.29) is 139 Å². The van der Waals surface area contributed by atoms with Gasteiger partial charge in [-0.15, -0.1) is 22.5 Å². The van der Waals surface area contributed by atoms with E-state index in [0.29, 0.717) is 139 Å². The van der Waals surface area contributed by atoms with E-state index in [1.807, 2.05) is 135 Å². The molecular formula is C119H212N4O18. The van der Waals surface area contributed by atoms with Gasteiger partial charge in [0.05, 0.1) is 42.7 Å². The number of hydrogen-bond acceptors (Lipinski definition) is 18. The second-order valence-corrected chi connectivity index (χ2v) is 52.4. The van der Waals surface area contributed by atoms with Crippen LogP contribution in [0.15, 0.2) is 86.0 Å². The summed E-state index contributed by atoms with van der Waals surface area (Å²) >= 11 is 0. The highest BCUT2D eigenvalue weighted by Gasteiger charge is 2.33. The van der Waals surface area contributed by atoms with E-state index < -0.39 is 0 Å². The normalized spacial score (nSPS) is 14.1. The standard InChI is InChI=1S/C14H23NO3.C13H20N2O3.C13H18O2.C11H17NO3.C10H18O2.C9H16O2.2C7H14O.C7H12O.3C7H16.C7H12/c1-11-8-9-12(16)15(11)18-13(17)7-5-6-10-14(2,3)4;1-13(2,3)7-8-14-10(16)6-9-15-11(17)4-5-12(15)18;1-10-5-7-11(8-6-10)15-12(14)9-13(2,3)4;1-8-5-6-9(13)12(8)15-10(14)7-11(2,3)4;1-8(11)6-5-7-9(12)10(2,3)4;1-7(10)5-6-8(11)9(2,3)4;1-7(2,3)4-6-5-8-6;1-6(8)5-7(2,3)4;1-5-6(8)7(2,3)4;4*1-5-6-7(2,3)4/h1,5-10H2,2-4H3;4-5H,6-9H2,1-3H3,(H,14,16);5-8H,9H2,1-4H3;1,5-7H2,2-4H3;5-7H2,1-4H3;5-6H2,1-4H3;6H,4-5H2,1-3H3;8H,1,5H2,2-4H3;5H,1H2,2-4H3;3*5-6H2,1-4H3;1H,6H2,2-4H3. The van der Waals surface area contributed by atoms with Gasteiger partial charge in [-0.3, -0.25) is 48.1 Å². The van der Waals surface area contributed by atoms with Gasteiger partial charge in [-0.05, 0) is 157 Å². The Bertz CT molecular complexity index is 3870. The van der Waals surface area contributed by atoms with Crippen LogP contribution in [0.2, 0.25) is 0 Å². The minimum absolute atomic E-state index is 0.0260. The lowest BCUT2D eigenvalue weighted by Crippen LogP contribution is -2.35. The predicted octanol–water partition coefficient (Wildman–Crippen LogP) is 30.4. The number of nitrogens with one attached hydrogen (secondary N) is 1. The van der Waals surface area contributed by atoms with Gasteiger partial charge in [0.25, 0.3) is 23.6 Å². The number of benzene rings is 1. The van der Waals surface area contributed by atoms with Crippen LogP contribution in [0.4, 0.5) is 0 Å². The number of rotatable bonds is 27. The van der Waals surface area contributed by atoms with Crippen molar-refractivity contribution in [2.45, 2.75) is 485 Å². The van der Waals surface area contributed by atoms with Gasteiger partial charge in [0.1, 0.15) is 28.9 Å². The molecule has 5 amide bonds. The second-order valence-electron chi connectivity index (χ2n) is 52.4. The molecule has 3 saturated heterocycles. The van der Waals surface area contributed by atoms with Crippen molar-refractivity contribution in [3.63, 3.8) is 0 Å². The number of carbonyl (C=O) groups is 13. The molecule has 1 aromatic carbocycles. The molecule has 4 aliphatic rings. The molecule has 1 aromatic rings. The van der Waals surface area contributed by atoms with E-state index in [2.05, 4.69) is 224 Å². The molecule has 4 aliphatic heterocycles. The number of carbonyl (C=O) groups excluding carboxylic acids is 13. The minimum Gasteiger partial charge on any atom is -0.513 e. The molecule has 4 heterocycles. The topological polar surface area (TPSA) is 304 Å². The lowest BCUT2D eigenvalue weighted by Gasteiger charge is -2.20. The number of aryl methyl sites for hydroxylation is 1. The monoisotopic (exact) mass is 1990 g/mol. The highest BCUT2D eigenvalue weighted by molar-refractivity contribution is 6.13. The Hall–Kier alpha value is -8.45. The molecule has 22 nitrogen and oxygen atoms in total. The molecule has 1 atom stereocenters. The number of imide groups is 1. The summed E-state index contributed by atoms with van der Waals surface area (Å²) in [7, 11) is 0. The van der Waals surface area contributed by atoms with Crippen molar-refractivity contribution in [1.29, 1.82) is 0 Å². The number of Topliss-reactive ketones (excluding diaryl/α,β-unsaturated/α-hetero) is 4. The summed E-state index contributed by atoms with van der Waals surface area (Å²) in [5, 5.41) is 13.5. The number of aliphatic hydroxyl groups excluding tert-OH is 1. The van der Waals surface area contributed by atoms with Crippen molar-refractivity contribution in [2.24, 2.45) is 70.4 Å². The molecule has 22 heteroatoms. The van der Waals surface area contributed by atoms with E-state index in [9.17, 15) is 62.3 Å². The Labute approximate surface area is 862 Å². The number of esters is 1. The van der Waals surface area contributed by atoms with Crippen LogP contribution in [-0.4, -0.2) is 122 Å². The first kappa shape index (κ1) is 148. The number of ether oxygens (including phenoxy) is 2. The third-order valence-corrected chi connectivity index (χ3v) is 19.3. The average molecular weight is 1990 g/mol. The SMILES string of the molecule is C#CCC(C)(C)C.C=C(O)CC(C)(C)C.C=C1CCC(=O)N1OC(=O)CC(C)(C)C.C=C1CCC(=O)N1OC(=O)CCCCC(C)(C)C.C=CC(=O)C(C)(C)C.CC(=O)CCC(=O)C(C)(C)C.CC(=O)CCCC(=O)C(C)(C)C.CC(C)(C)CC1CO1.CC(C)(C)CCNC(=O)CCN1C(=O)C=CC1=O.CCCC(C)(C)C.CCCC(C)(C)C.CCCC(C)(C)C.Cc1ccc(OC(=O)CC(C)(C)C)cc1. The summed E-state index contributed by atoms with van der Waals surface area (Å²) in [5.41, 5.74) is 4.40. The molecule has 0 radical (unpaired) electrons. The minimum atomic E-state index is -0.390. The van der Waals surface area contributed by atoms with E-state index in [1.165, 1.54) is 70.1 Å². The molecule has 1 unspecified atom stereocenters. The number of hydrogen-bond donors (Lipinski definition) is 2. The first-order valence-corrected chi connectivity index (χ1v) is 51.3. The van der Waals surface area contributed by atoms with E-state index >= 15 is 0 Å². The van der Waals surface area contributed by atoms with E-state index in [1.54, 1.807) is 6.92 Å². The fourth-order valence-corrected chi connectivity index (χ4v) is 11.7. The van der Waals surface area contributed by atoms with Gasteiger partial charge in [-0.1, -0.05) is 360 Å². The molecule has 3 fully saturated rings. The Morgan fingerprint density at radius 1 is 0.454 bits per heavy atom. The van der Waals surface area contributed by atoms with Crippen LogP contribution in [0, 0.1) is 89.7 Å².